The number of allylic oxidation sites excluding steroid dienone is 2. The molecule has 5 rings (SSSR count). The first-order valence-corrected chi connectivity index (χ1v) is 13.8. The number of ether oxygens (including phenoxy) is 1. The number of piperidine rings is 1. The van der Waals surface area contributed by atoms with Gasteiger partial charge in [-0.1, -0.05) is 11.1 Å². The summed E-state index contributed by atoms with van der Waals surface area (Å²) in [6.45, 7) is 9.29. The molecule has 0 spiro atoms. The molecule has 1 N–H and O–H groups in total. The molecule has 36 heavy (non-hydrogen) atoms. The lowest BCUT2D eigenvalue weighted by Crippen LogP contribution is -2.43. The fourth-order valence-electron chi connectivity index (χ4n) is 6.58. The van der Waals surface area contributed by atoms with Crippen molar-refractivity contribution in [3.8, 4) is 5.88 Å². The molecule has 1 amide bonds. The number of hydrogen-bond acceptors (Lipinski definition) is 4. The van der Waals surface area contributed by atoms with Gasteiger partial charge in [0.2, 0.25) is 5.88 Å². The Labute approximate surface area is 214 Å². The number of carbonyl (C=O) groups is 1. The molecular weight excluding hydrogens is 455 g/mol. The Hall–Kier alpha value is -2.38. The summed E-state index contributed by atoms with van der Waals surface area (Å²) in [6, 6.07) is 5.89. The lowest BCUT2D eigenvalue weighted by molar-refractivity contribution is 0.114. The van der Waals surface area contributed by atoms with Gasteiger partial charge in [-0.25, -0.2) is 9.18 Å². The van der Waals surface area contributed by atoms with Crippen molar-refractivity contribution in [3.63, 3.8) is 0 Å². The smallest absolute Gasteiger partial charge is 0.393 e. The third-order valence-electron chi connectivity index (χ3n) is 8.64. The highest BCUT2D eigenvalue weighted by Gasteiger charge is 2.32. The Balaban J connectivity index is 1.42. The highest BCUT2D eigenvalue weighted by molar-refractivity contribution is 5.88. The molecular formula is C29H41FN4O2. The molecule has 1 saturated carbocycles. The van der Waals surface area contributed by atoms with Gasteiger partial charge in [0.15, 0.2) is 0 Å². The lowest BCUT2D eigenvalue weighted by Gasteiger charge is -2.40. The van der Waals surface area contributed by atoms with Crippen LogP contribution in [0.1, 0.15) is 76.8 Å². The third-order valence-corrected chi connectivity index (χ3v) is 8.64. The highest BCUT2D eigenvalue weighted by Crippen LogP contribution is 2.41. The molecule has 2 saturated heterocycles. The van der Waals surface area contributed by atoms with Crippen LogP contribution in [0.15, 0.2) is 29.3 Å². The fourth-order valence-corrected chi connectivity index (χ4v) is 6.58. The van der Waals surface area contributed by atoms with E-state index in [-0.39, 0.29) is 11.9 Å². The summed E-state index contributed by atoms with van der Waals surface area (Å²) in [5.74, 6) is 0.336. The van der Waals surface area contributed by atoms with Gasteiger partial charge >= 0.3 is 6.09 Å². The third kappa shape index (κ3) is 5.18. The largest absolute Gasteiger partial charge is 0.413 e. The monoisotopic (exact) mass is 496 g/mol. The van der Waals surface area contributed by atoms with Gasteiger partial charge < -0.3 is 19.5 Å². The summed E-state index contributed by atoms with van der Waals surface area (Å²) >= 11 is 0. The number of nitrogens with zero attached hydrogens (tertiary/aromatic N) is 3. The number of likely N-dealkylation sites (tertiary alicyclic amines) is 2. The average molecular weight is 497 g/mol. The van der Waals surface area contributed by atoms with Crippen molar-refractivity contribution in [1.82, 2.24) is 19.7 Å². The molecule has 1 aromatic carbocycles. The van der Waals surface area contributed by atoms with Gasteiger partial charge in [0.05, 0.1) is 5.52 Å². The summed E-state index contributed by atoms with van der Waals surface area (Å²) in [4.78, 5) is 17.5. The van der Waals surface area contributed by atoms with Gasteiger partial charge in [-0.15, -0.1) is 0 Å². The van der Waals surface area contributed by atoms with E-state index >= 15 is 0 Å². The maximum Gasteiger partial charge on any atom is 0.413 e. The second-order valence-electron chi connectivity index (χ2n) is 11.0. The zero-order chi connectivity index (χ0) is 25.2. The molecule has 1 aromatic heterocycles. The van der Waals surface area contributed by atoms with E-state index in [0.29, 0.717) is 18.5 Å². The van der Waals surface area contributed by atoms with Crippen molar-refractivity contribution >= 4 is 17.0 Å². The van der Waals surface area contributed by atoms with Crippen LogP contribution in [0.4, 0.5) is 9.18 Å². The van der Waals surface area contributed by atoms with E-state index in [0.717, 1.165) is 55.5 Å². The summed E-state index contributed by atoms with van der Waals surface area (Å²) in [7, 11) is 1.58. The predicted molar refractivity (Wildman–Crippen MR) is 142 cm³/mol. The topological polar surface area (TPSA) is 49.7 Å². The zero-order valence-corrected chi connectivity index (χ0v) is 22.1. The zero-order valence-electron chi connectivity index (χ0n) is 22.1. The Morgan fingerprint density at radius 3 is 2.36 bits per heavy atom. The molecule has 2 aromatic rings. The lowest BCUT2D eigenvalue weighted by atomic mass is 9.86. The van der Waals surface area contributed by atoms with Crippen molar-refractivity contribution in [2.75, 3.05) is 33.2 Å². The normalized spacial score (nSPS) is 22.3. The molecule has 2 aliphatic heterocycles. The number of amides is 1. The van der Waals surface area contributed by atoms with Crippen LogP contribution in [0.25, 0.3) is 10.9 Å². The summed E-state index contributed by atoms with van der Waals surface area (Å²) < 4.78 is 22.6. The first kappa shape index (κ1) is 25.3. The minimum absolute atomic E-state index is 0.220. The molecule has 6 nitrogen and oxygen atoms in total. The van der Waals surface area contributed by atoms with Gasteiger partial charge in [0, 0.05) is 49.7 Å². The molecule has 3 heterocycles. The van der Waals surface area contributed by atoms with Crippen LogP contribution in [0, 0.1) is 5.82 Å². The molecule has 0 radical (unpaired) electrons. The maximum atomic E-state index is 14.4. The van der Waals surface area contributed by atoms with E-state index in [1.165, 1.54) is 50.2 Å². The first-order chi connectivity index (χ1) is 17.4. The summed E-state index contributed by atoms with van der Waals surface area (Å²) in [5, 5.41) is 3.47. The fraction of sp³-hybridized carbons (Fsp3) is 0.621. The van der Waals surface area contributed by atoms with E-state index in [9.17, 15) is 9.18 Å². The van der Waals surface area contributed by atoms with Crippen molar-refractivity contribution in [2.45, 2.75) is 83.8 Å². The standard InChI is InChI=1S/C29H41FN4O2/c1-20(2)21-6-9-23(10-7-21)33-16-12-24(13-17-33)34-27-11-8-22(30)18-25(27)26(19-32-14-4-5-15-32)28(34)36-29(35)31-3/h8,11,18,23-24H,4-7,9-10,12-17,19H2,1-3H3,(H,31,35). The molecule has 196 valence electrons. The molecule has 0 atom stereocenters. The van der Waals surface area contributed by atoms with Crippen molar-refractivity contribution in [1.29, 1.82) is 0 Å². The minimum Gasteiger partial charge on any atom is -0.393 e. The van der Waals surface area contributed by atoms with E-state index in [1.54, 1.807) is 18.7 Å². The second kappa shape index (κ2) is 10.9. The van der Waals surface area contributed by atoms with Gasteiger partial charge in [-0.3, -0.25) is 4.90 Å². The second-order valence-corrected chi connectivity index (χ2v) is 11.0. The highest BCUT2D eigenvalue weighted by atomic mass is 19.1. The predicted octanol–water partition coefficient (Wildman–Crippen LogP) is 6.01. The number of nitrogens with one attached hydrogen (secondary N) is 1. The Morgan fingerprint density at radius 2 is 1.72 bits per heavy atom. The van der Waals surface area contributed by atoms with Crippen LogP contribution in [-0.4, -0.2) is 59.7 Å². The van der Waals surface area contributed by atoms with Gasteiger partial charge in [-0.2, -0.15) is 0 Å². The Morgan fingerprint density at radius 1 is 1.03 bits per heavy atom. The van der Waals surface area contributed by atoms with E-state index in [1.807, 2.05) is 6.07 Å². The SMILES string of the molecule is CNC(=O)Oc1c(CN2CCCC2)c2cc(F)ccc2n1C1CCN(C2CCC(=C(C)C)CC2)CC1. The number of aromatic nitrogens is 1. The van der Waals surface area contributed by atoms with Gasteiger partial charge in [0.25, 0.3) is 0 Å². The number of benzene rings is 1. The van der Waals surface area contributed by atoms with E-state index < -0.39 is 6.09 Å². The number of halogens is 1. The van der Waals surface area contributed by atoms with Crippen LogP contribution >= 0.6 is 0 Å². The summed E-state index contributed by atoms with van der Waals surface area (Å²) in [5.41, 5.74) is 5.04. The molecule has 0 unspecified atom stereocenters. The summed E-state index contributed by atoms with van der Waals surface area (Å²) in [6.07, 6.45) is 8.83. The number of hydrogen-bond donors (Lipinski definition) is 1. The van der Waals surface area contributed by atoms with Crippen LogP contribution < -0.4 is 10.1 Å². The van der Waals surface area contributed by atoms with E-state index in [2.05, 4.69) is 33.5 Å². The molecule has 0 bridgehead atoms. The van der Waals surface area contributed by atoms with Crippen LogP contribution in [0.5, 0.6) is 5.88 Å². The Bertz CT molecular complexity index is 1110. The van der Waals surface area contributed by atoms with Crippen molar-refractivity contribution < 1.29 is 13.9 Å². The van der Waals surface area contributed by atoms with Crippen LogP contribution in [-0.2, 0) is 6.54 Å². The molecule has 3 aliphatic rings. The van der Waals surface area contributed by atoms with Gasteiger partial charge in [-0.05, 0) is 96.5 Å². The van der Waals surface area contributed by atoms with Crippen molar-refractivity contribution in [2.24, 2.45) is 0 Å². The first-order valence-electron chi connectivity index (χ1n) is 13.8. The minimum atomic E-state index is -0.475. The van der Waals surface area contributed by atoms with Crippen molar-refractivity contribution in [3.05, 3.63) is 40.7 Å². The maximum absolute atomic E-state index is 14.4. The quantitative estimate of drug-likeness (QED) is 0.515. The molecule has 3 fully saturated rings. The number of rotatable bonds is 5. The number of carbonyl (C=O) groups excluding carboxylic acids is 1. The Kier molecular flexibility index (Phi) is 7.68. The molecule has 7 heteroatoms. The van der Waals surface area contributed by atoms with Gasteiger partial charge in [0.1, 0.15) is 5.82 Å². The number of fused-ring (bicyclic) bond motifs is 1. The van der Waals surface area contributed by atoms with E-state index in [4.69, 9.17) is 4.74 Å². The van der Waals surface area contributed by atoms with Crippen LogP contribution in [0.3, 0.4) is 0 Å². The molecule has 1 aliphatic carbocycles. The van der Waals surface area contributed by atoms with Crippen LogP contribution in [0.2, 0.25) is 0 Å². The average Bonchev–Trinajstić information content (AvgIpc) is 3.51.